The van der Waals surface area contributed by atoms with E-state index < -0.39 is 100 Å². The van der Waals surface area contributed by atoms with Crippen LogP contribution in [0.5, 0.6) is 11.5 Å². The number of non-ortho nitro benzene ring substituents is 1. The smallest absolute Gasteiger partial charge is 0.744 e. The second-order valence-corrected chi connectivity index (χ2v) is 25.9. The first kappa shape index (κ1) is 86.8. The van der Waals surface area contributed by atoms with Gasteiger partial charge in [0.1, 0.15) is 43.0 Å². The number of anilines is 2. The van der Waals surface area contributed by atoms with E-state index in [4.69, 9.17) is 16.2 Å². The number of methoxy groups -OCH3 is 1. The number of benzene rings is 8. The van der Waals surface area contributed by atoms with Crippen LogP contribution in [0.15, 0.2) is 188 Å². The number of phenols is 2. The Morgan fingerprint density at radius 1 is 0.467 bits per heavy atom. The van der Waals surface area contributed by atoms with Gasteiger partial charge in [-0.05, 0) is 133 Å². The summed E-state index contributed by atoms with van der Waals surface area (Å²) in [5.41, 5.74) is 12.9. The van der Waals surface area contributed by atoms with Gasteiger partial charge in [0.05, 0.1) is 94.1 Å². The molecule has 0 amide bonds. The number of ether oxygens (including phenoxy) is 1. The zero-order valence-corrected chi connectivity index (χ0v) is 66.6. The fourth-order valence-corrected chi connectivity index (χ4v) is 11.8. The van der Waals surface area contributed by atoms with Crippen molar-refractivity contribution < 1.29 is 257 Å². The molecule has 41 heteroatoms. The molecular formula is C51H44N11Na6O19S5+3. The van der Waals surface area contributed by atoms with Crippen LogP contribution in [0, 0.1) is 24.0 Å². The molecule has 92 heavy (non-hydrogen) atoms. The van der Waals surface area contributed by atoms with Crippen LogP contribution in [0.3, 0.4) is 0 Å². The van der Waals surface area contributed by atoms with Gasteiger partial charge in [-0.25, -0.2) is 42.1 Å². The Bertz CT molecular complexity index is 4710. The molecule has 8 aromatic carbocycles. The van der Waals surface area contributed by atoms with Crippen molar-refractivity contribution in [3.05, 3.63) is 149 Å². The summed E-state index contributed by atoms with van der Waals surface area (Å²) in [6.07, 6.45) is 0. The Balaban J connectivity index is 0.000000901. The van der Waals surface area contributed by atoms with Crippen LogP contribution < -0.4 is 189 Å². The van der Waals surface area contributed by atoms with Crippen LogP contribution in [0.4, 0.5) is 62.6 Å². The van der Waals surface area contributed by atoms with Gasteiger partial charge in [0.25, 0.3) is 5.69 Å². The summed E-state index contributed by atoms with van der Waals surface area (Å²) in [4.78, 5) is 8.22. The van der Waals surface area contributed by atoms with Crippen LogP contribution >= 0.6 is 0 Å². The van der Waals surface area contributed by atoms with Gasteiger partial charge < -0.3 is 40.1 Å². The van der Waals surface area contributed by atoms with E-state index >= 15 is 0 Å². The molecule has 0 radical (unpaired) electrons. The molecule has 0 aromatic heterocycles. The van der Waals surface area contributed by atoms with Crippen molar-refractivity contribution in [1.29, 1.82) is 0 Å². The van der Waals surface area contributed by atoms with Gasteiger partial charge in [-0.1, -0.05) is 18.2 Å². The fraction of sp³-hybridized carbons (Fsp3) is 0.137. The number of fused-ring (bicyclic) bond motifs is 2. The number of nitrogen functional groups attached to an aromatic ring is 2. The number of sulfone groups is 2. The monoisotopic (exact) mass is 1410 g/mol. The van der Waals surface area contributed by atoms with E-state index in [2.05, 4.69) is 45.1 Å². The van der Waals surface area contributed by atoms with Crippen LogP contribution in [0.25, 0.3) is 21.5 Å². The molecule has 30 nitrogen and oxygen atoms in total. The van der Waals surface area contributed by atoms with Gasteiger partial charge in [0, 0.05) is 19.2 Å². The van der Waals surface area contributed by atoms with Gasteiger partial charge in [-0.2, -0.15) is 20.5 Å². The fourth-order valence-electron chi connectivity index (χ4n) is 7.89. The van der Waals surface area contributed by atoms with Crippen molar-refractivity contribution in [3.63, 3.8) is 0 Å². The number of hydrogen-bond donors (Lipinski definition) is 4. The zero-order valence-electron chi connectivity index (χ0n) is 50.5. The van der Waals surface area contributed by atoms with Crippen molar-refractivity contribution in [2.24, 2.45) is 40.9 Å². The predicted octanol–water partition coefficient (Wildman–Crippen LogP) is -8.06. The minimum atomic E-state index is -5.25. The number of nitrogens with zero attached hydrogens (tertiary/aromatic N) is 9. The predicted molar refractivity (Wildman–Crippen MR) is 306 cm³/mol. The van der Waals surface area contributed by atoms with Gasteiger partial charge in [0.15, 0.2) is 31.2 Å². The van der Waals surface area contributed by atoms with Crippen molar-refractivity contribution in [1.82, 2.24) is 0 Å². The molecule has 8 rings (SSSR count). The van der Waals surface area contributed by atoms with Gasteiger partial charge in [0.2, 0.25) is 10.4 Å². The van der Waals surface area contributed by atoms with Crippen LogP contribution in [0.1, 0.15) is 11.1 Å². The third-order valence-corrected chi connectivity index (χ3v) is 17.6. The molecule has 0 bridgehead atoms. The first-order valence-corrected chi connectivity index (χ1v) is 31.6. The van der Waals surface area contributed by atoms with Crippen molar-refractivity contribution in [2.45, 2.75) is 33.4 Å². The topological polar surface area (TPSA) is 493 Å². The van der Waals surface area contributed by atoms with E-state index in [1.807, 2.05) is 6.07 Å². The van der Waals surface area contributed by atoms with E-state index in [0.717, 1.165) is 36.4 Å². The average Bonchev–Trinajstić information content (AvgIpc) is 0.765. The van der Waals surface area contributed by atoms with Crippen LogP contribution in [-0.2, 0) is 59.2 Å². The first-order valence-electron chi connectivity index (χ1n) is 24.1. The van der Waals surface area contributed by atoms with E-state index in [1.165, 1.54) is 67.8 Å². The molecule has 0 aliphatic heterocycles. The Morgan fingerprint density at radius 3 is 1.12 bits per heavy atom. The number of phenolic OH excluding ortho intramolecular Hbond substituents is 2. The summed E-state index contributed by atoms with van der Waals surface area (Å²) in [6.45, 7) is 2.33. The molecule has 0 saturated heterocycles. The van der Waals surface area contributed by atoms with Crippen molar-refractivity contribution in [3.8, 4) is 11.5 Å². The molecule has 8 aromatic rings. The second kappa shape index (κ2) is 37.0. The molecule has 0 saturated carbocycles. The SMILES string of the molecule is COCCS(=O)(=O)c1ccc(N=Nc2c(C)cc3cc(S(=O)(=O)[O-])c(N=Nc4ccc(S(=O)(=O)CCOS(=O)(=O)[O-])cc4)c(O)c3c2N)cc1.Cc1cc2cc(S(=O)(=O)[O-])c(N=Nc3ccc([N+](=O)[O-])cc3)c(O)c2c(N)c1N=Nc1ccccc1.[Na+].[Na+].[Na+].[Na+].[Na+].[Na+]. The largest absolute Gasteiger partial charge is 1.00 e. The summed E-state index contributed by atoms with van der Waals surface area (Å²) < 4.78 is 162. The number of azo groups is 4. The maximum Gasteiger partial charge on any atom is 1.00 e. The second-order valence-electron chi connectivity index (χ2n) is 17.9. The minimum absolute atomic E-state index is 0. The number of rotatable bonds is 20. The normalized spacial score (nSPS) is 11.8. The molecule has 0 heterocycles. The molecule has 6 N–H and O–H groups in total. The molecule has 450 valence electrons. The quantitative estimate of drug-likeness (QED) is 0.0105. The summed E-state index contributed by atoms with van der Waals surface area (Å²) in [7, 11) is -21.7. The number of aryl methyl sites for hydroxylation is 2. The number of nitro benzene ring substituents is 1. The molecule has 0 unspecified atom stereocenters. The number of nitro groups is 1. The Labute approximate surface area is 659 Å². The molecule has 0 aliphatic carbocycles. The Morgan fingerprint density at radius 2 is 0.793 bits per heavy atom. The number of aromatic hydroxyl groups is 2. The minimum Gasteiger partial charge on any atom is -0.744 e. The molecule has 0 fully saturated rings. The van der Waals surface area contributed by atoms with Crippen molar-refractivity contribution >= 4 is 134 Å². The Hall–Kier alpha value is -3.17. The van der Waals surface area contributed by atoms with E-state index in [1.54, 1.807) is 38.1 Å². The average molecular weight is 1410 g/mol. The van der Waals surface area contributed by atoms with Crippen LogP contribution in [0.2, 0.25) is 0 Å². The third-order valence-electron chi connectivity index (χ3n) is 12.0. The zero-order chi connectivity index (χ0) is 63.1. The van der Waals surface area contributed by atoms with E-state index in [9.17, 15) is 76.1 Å². The first-order chi connectivity index (χ1) is 40.3. The molecule has 0 spiro atoms. The molecule has 0 aliphatic rings. The maximum atomic E-state index is 12.4. The van der Waals surface area contributed by atoms with Crippen molar-refractivity contribution in [2.75, 3.05) is 43.3 Å². The maximum absolute atomic E-state index is 12.4. The Kier molecular flexibility index (Phi) is 34.9. The van der Waals surface area contributed by atoms with Gasteiger partial charge >= 0.3 is 177 Å². The summed E-state index contributed by atoms with van der Waals surface area (Å²) >= 11 is 0. The molecule has 0 atom stereocenters. The number of nitrogens with two attached hydrogens (primary N) is 2. The van der Waals surface area contributed by atoms with Gasteiger partial charge in [-0.3, -0.25) is 14.3 Å². The van der Waals surface area contributed by atoms with E-state index in [0.29, 0.717) is 16.8 Å². The molecular weight excluding hydrogens is 1370 g/mol. The third kappa shape index (κ3) is 22.7. The summed E-state index contributed by atoms with van der Waals surface area (Å²) in [5.74, 6) is -2.58. The number of hydrogen-bond acceptors (Lipinski definition) is 29. The van der Waals surface area contributed by atoms with Gasteiger partial charge in [-0.15, -0.1) is 20.5 Å². The van der Waals surface area contributed by atoms with E-state index in [-0.39, 0.29) is 267 Å². The summed E-state index contributed by atoms with van der Waals surface area (Å²) in [6, 6.07) is 28.5. The van der Waals surface area contributed by atoms with Crippen LogP contribution in [-0.4, -0.2) is 103 Å². The standard InChI is InChI=1S/C28H29N5O13S4.C23H18N6O6S.6Na/c1-17-15-18-16-23(49(39,40)41)27(33-31-20-5-9-22(10-6-20)48(37,38)14-12-46-50(42,43)44)28(34)24(18)25(29)26(17)32-30-19-3-7-21(8-4-19)47(35,36)13-11-45-2;1-13-11-14-12-18(36(33,34)35)22(28-26-16-7-9-17(10-8-16)29(31)32)23(30)19(14)20(24)21(13)27-25-15-5-3-2-4-6-15;;;;;;/h3-10,15-16,34H,11-14,29H2,1-2H3,(H,39,40,41)(H,42,43,44);2-12,30H,24H2,1H3,(H,33,34,35);;;;;;/q;;6*+1/p-3. The summed E-state index contributed by atoms with van der Waals surface area (Å²) in [5, 5.41) is 64.8.